The van der Waals surface area contributed by atoms with Crippen LogP contribution in [0.15, 0.2) is 6.07 Å². The van der Waals surface area contributed by atoms with E-state index in [4.69, 9.17) is 9.47 Å². The molecule has 2 atom stereocenters. The number of aromatic nitrogens is 2. The van der Waals surface area contributed by atoms with Gasteiger partial charge in [-0.05, 0) is 18.8 Å². The minimum absolute atomic E-state index is 0.172. The summed E-state index contributed by atoms with van der Waals surface area (Å²) in [6.07, 6.45) is 1.40. The van der Waals surface area contributed by atoms with Gasteiger partial charge in [-0.2, -0.15) is 0 Å². The Morgan fingerprint density at radius 1 is 1.38 bits per heavy atom. The first kappa shape index (κ1) is 16.2. The second-order valence-corrected chi connectivity index (χ2v) is 6.83. The molecule has 1 N–H and O–H groups in total. The van der Waals surface area contributed by atoms with Crippen LogP contribution >= 0.6 is 0 Å². The quantitative estimate of drug-likeness (QED) is 0.904. The molecule has 2 heterocycles. The van der Waals surface area contributed by atoms with Gasteiger partial charge in [0.15, 0.2) is 5.82 Å². The van der Waals surface area contributed by atoms with Crippen LogP contribution in [-0.2, 0) is 16.1 Å². The maximum atomic E-state index is 5.91. The van der Waals surface area contributed by atoms with Crippen molar-refractivity contribution in [1.29, 1.82) is 0 Å². The third-order valence-electron chi connectivity index (χ3n) is 3.79. The summed E-state index contributed by atoms with van der Waals surface area (Å²) in [5, 5.41) is 3.44. The second kappa shape index (κ2) is 6.71. The zero-order valence-corrected chi connectivity index (χ0v) is 13.8. The molecule has 118 valence electrons. The van der Waals surface area contributed by atoms with Gasteiger partial charge in [-0.25, -0.2) is 9.97 Å². The molecule has 5 nitrogen and oxygen atoms in total. The Morgan fingerprint density at radius 3 is 2.81 bits per heavy atom. The topological polar surface area (TPSA) is 56.3 Å². The molecule has 0 saturated carbocycles. The lowest BCUT2D eigenvalue weighted by atomic mass is 9.81. The van der Waals surface area contributed by atoms with E-state index in [-0.39, 0.29) is 5.41 Å². The fourth-order valence-electron chi connectivity index (χ4n) is 2.95. The molecular formula is C16H27N3O2. The molecule has 21 heavy (non-hydrogen) atoms. The molecule has 0 spiro atoms. The Bertz CT molecular complexity index is 471. The zero-order chi connectivity index (χ0) is 15.5. The summed E-state index contributed by atoms with van der Waals surface area (Å²) >= 11 is 0. The van der Waals surface area contributed by atoms with Gasteiger partial charge in [-0.1, -0.05) is 20.8 Å². The van der Waals surface area contributed by atoms with E-state index in [1.54, 1.807) is 7.11 Å². The number of ether oxygens (including phenoxy) is 2. The van der Waals surface area contributed by atoms with E-state index in [0.29, 0.717) is 18.6 Å². The van der Waals surface area contributed by atoms with Crippen LogP contribution in [0.25, 0.3) is 0 Å². The van der Waals surface area contributed by atoms with Crippen molar-refractivity contribution in [3.8, 4) is 0 Å². The van der Waals surface area contributed by atoms with E-state index >= 15 is 0 Å². The van der Waals surface area contributed by atoms with Crippen LogP contribution < -0.4 is 5.32 Å². The predicted octanol–water partition coefficient (Wildman–Crippen LogP) is 2.79. The normalized spacial score (nSPS) is 22.5. The van der Waals surface area contributed by atoms with Crippen molar-refractivity contribution < 1.29 is 9.47 Å². The van der Waals surface area contributed by atoms with Crippen molar-refractivity contribution in [1.82, 2.24) is 9.97 Å². The standard InChI is InChI=1S/C16H27N3O2/c1-11-8-13(19-14(18-11)10-20-5)17-9-12-6-7-21-15(12)16(2,3)4/h8,12,15H,6-7,9-10H2,1-5H3,(H,17,18,19)/t12-,15+/m1/s1. The molecule has 1 aliphatic heterocycles. The molecule has 1 aromatic heterocycles. The van der Waals surface area contributed by atoms with E-state index in [0.717, 1.165) is 36.9 Å². The van der Waals surface area contributed by atoms with Crippen molar-refractivity contribution in [3.63, 3.8) is 0 Å². The van der Waals surface area contributed by atoms with Gasteiger partial charge >= 0.3 is 0 Å². The minimum atomic E-state index is 0.172. The van der Waals surface area contributed by atoms with Crippen LogP contribution in [0.1, 0.15) is 38.7 Å². The smallest absolute Gasteiger partial charge is 0.156 e. The summed E-state index contributed by atoms with van der Waals surface area (Å²) in [6.45, 7) is 10.9. The van der Waals surface area contributed by atoms with Crippen LogP contribution in [0.4, 0.5) is 5.82 Å². The van der Waals surface area contributed by atoms with E-state index in [9.17, 15) is 0 Å². The number of aryl methyl sites for hydroxylation is 1. The number of hydrogen-bond acceptors (Lipinski definition) is 5. The predicted molar refractivity (Wildman–Crippen MR) is 83.3 cm³/mol. The van der Waals surface area contributed by atoms with Gasteiger partial charge in [0.05, 0.1) is 6.10 Å². The number of rotatable bonds is 5. The summed E-state index contributed by atoms with van der Waals surface area (Å²) in [4.78, 5) is 8.84. The average Bonchev–Trinajstić information content (AvgIpc) is 2.84. The largest absolute Gasteiger partial charge is 0.377 e. The van der Waals surface area contributed by atoms with Gasteiger partial charge in [0.25, 0.3) is 0 Å². The first-order chi connectivity index (χ1) is 9.90. The maximum Gasteiger partial charge on any atom is 0.156 e. The van der Waals surface area contributed by atoms with Crippen molar-refractivity contribution in [2.75, 3.05) is 25.6 Å². The van der Waals surface area contributed by atoms with Crippen LogP contribution in [0, 0.1) is 18.3 Å². The van der Waals surface area contributed by atoms with Gasteiger partial charge in [0.1, 0.15) is 12.4 Å². The third kappa shape index (κ3) is 4.38. The molecule has 5 heteroatoms. The Kier molecular flexibility index (Phi) is 5.17. The molecule has 1 saturated heterocycles. The summed E-state index contributed by atoms with van der Waals surface area (Å²) in [6, 6.07) is 1.97. The number of methoxy groups -OCH3 is 1. The third-order valence-corrected chi connectivity index (χ3v) is 3.79. The van der Waals surface area contributed by atoms with E-state index in [1.807, 2.05) is 13.0 Å². The fourth-order valence-corrected chi connectivity index (χ4v) is 2.95. The molecule has 0 bridgehead atoms. The van der Waals surface area contributed by atoms with Gasteiger partial charge in [-0.15, -0.1) is 0 Å². The lowest BCUT2D eigenvalue weighted by molar-refractivity contribution is 0.00956. The zero-order valence-electron chi connectivity index (χ0n) is 13.8. The van der Waals surface area contributed by atoms with Crippen LogP contribution in [-0.4, -0.2) is 36.3 Å². The van der Waals surface area contributed by atoms with Crippen LogP contribution in [0.2, 0.25) is 0 Å². The molecule has 0 aliphatic carbocycles. The number of nitrogens with zero attached hydrogens (tertiary/aromatic N) is 2. The fraction of sp³-hybridized carbons (Fsp3) is 0.750. The Hall–Kier alpha value is -1.20. The average molecular weight is 293 g/mol. The molecule has 0 amide bonds. The van der Waals surface area contributed by atoms with Crippen molar-refractivity contribution in [3.05, 3.63) is 17.6 Å². The maximum absolute atomic E-state index is 5.91. The molecule has 1 aromatic rings. The molecule has 0 aromatic carbocycles. The van der Waals surface area contributed by atoms with Crippen LogP contribution in [0.5, 0.6) is 0 Å². The summed E-state index contributed by atoms with van der Waals surface area (Å²) in [7, 11) is 1.66. The molecule has 1 aliphatic rings. The summed E-state index contributed by atoms with van der Waals surface area (Å²) < 4.78 is 11.0. The summed E-state index contributed by atoms with van der Waals surface area (Å²) in [5.41, 5.74) is 1.13. The number of nitrogens with one attached hydrogen (secondary N) is 1. The lowest BCUT2D eigenvalue weighted by Crippen LogP contribution is -2.34. The number of hydrogen-bond donors (Lipinski definition) is 1. The van der Waals surface area contributed by atoms with Gasteiger partial charge in [0, 0.05) is 37.9 Å². The second-order valence-electron chi connectivity index (χ2n) is 6.83. The van der Waals surface area contributed by atoms with Crippen molar-refractivity contribution in [2.45, 2.75) is 46.8 Å². The van der Waals surface area contributed by atoms with Crippen molar-refractivity contribution in [2.24, 2.45) is 11.3 Å². The molecule has 0 radical (unpaired) electrons. The lowest BCUT2D eigenvalue weighted by Gasteiger charge is -2.31. The Morgan fingerprint density at radius 2 is 2.14 bits per heavy atom. The minimum Gasteiger partial charge on any atom is -0.377 e. The van der Waals surface area contributed by atoms with E-state index in [2.05, 4.69) is 36.1 Å². The van der Waals surface area contributed by atoms with Gasteiger partial charge in [0.2, 0.25) is 0 Å². The molecule has 1 fully saturated rings. The van der Waals surface area contributed by atoms with Crippen molar-refractivity contribution >= 4 is 5.82 Å². The Balaban J connectivity index is 1.99. The monoisotopic (exact) mass is 293 g/mol. The molecule has 2 rings (SSSR count). The van der Waals surface area contributed by atoms with E-state index < -0.39 is 0 Å². The highest BCUT2D eigenvalue weighted by atomic mass is 16.5. The summed E-state index contributed by atoms with van der Waals surface area (Å²) in [5.74, 6) is 2.11. The highest BCUT2D eigenvalue weighted by Crippen LogP contribution is 2.34. The molecular weight excluding hydrogens is 266 g/mol. The SMILES string of the molecule is COCc1nc(C)cc(NC[C@H]2CCO[C@@H]2C(C)(C)C)n1. The van der Waals surface area contributed by atoms with E-state index in [1.165, 1.54) is 0 Å². The first-order valence-electron chi connectivity index (χ1n) is 7.59. The van der Waals surface area contributed by atoms with Crippen LogP contribution in [0.3, 0.4) is 0 Å². The van der Waals surface area contributed by atoms with Gasteiger partial charge in [-0.3, -0.25) is 0 Å². The molecule has 0 unspecified atom stereocenters. The first-order valence-corrected chi connectivity index (χ1v) is 7.59. The van der Waals surface area contributed by atoms with Gasteiger partial charge < -0.3 is 14.8 Å². The highest BCUT2D eigenvalue weighted by Gasteiger charge is 2.36. The number of anilines is 1. The Labute approximate surface area is 127 Å². The highest BCUT2D eigenvalue weighted by molar-refractivity contribution is 5.35.